The van der Waals surface area contributed by atoms with Crippen LogP contribution in [0, 0.1) is 18.3 Å². The molecular weight excluding hydrogens is 213 g/mol. The maximum absolute atomic E-state index is 13.6. The minimum absolute atomic E-state index is 0.0350. The molecule has 2 atom stereocenters. The van der Waals surface area contributed by atoms with Crippen LogP contribution in [0.3, 0.4) is 0 Å². The number of aliphatic imine (C=N–C) groups is 1. The molecule has 17 heavy (non-hydrogen) atoms. The van der Waals surface area contributed by atoms with E-state index in [4.69, 9.17) is 6.42 Å². The quantitative estimate of drug-likeness (QED) is 0.388. The van der Waals surface area contributed by atoms with E-state index in [-0.39, 0.29) is 5.92 Å². The smallest absolute Gasteiger partial charge is 0.139 e. The van der Waals surface area contributed by atoms with Gasteiger partial charge in [-0.2, -0.15) is 0 Å². The summed E-state index contributed by atoms with van der Waals surface area (Å²) in [4.78, 5) is 4.32. The zero-order valence-corrected chi connectivity index (χ0v) is 11.4. The molecule has 0 aliphatic rings. The van der Waals surface area contributed by atoms with Crippen molar-refractivity contribution < 1.29 is 4.39 Å². The molecule has 0 aromatic carbocycles. The number of nitrogens with zero attached hydrogens (tertiary/aromatic N) is 1. The molecule has 0 spiro atoms. The Labute approximate surface area is 105 Å². The average Bonchev–Trinajstić information content (AvgIpc) is 2.32. The van der Waals surface area contributed by atoms with Gasteiger partial charge >= 0.3 is 0 Å². The molecule has 0 fully saturated rings. The van der Waals surface area contributed by atoms with Gasteiger partial charge in [-0.25, -0.2) is 4.39 Å². The van der Waals surface area contributed by atoms with Crippen LogP contribution in [-0.4, -0.2) is 18.4 Å². The first-order chi connectivity index (χ1) is 7.97. The SMILES string of the molecule is C#CC(C)CN=C(C(=C\C)/C(C)=C/C)C(C)F. The number of terminal acetylenes is 1. The van der Waals surface area contributed by atoms with E-state index in [1.807, 2.05) is 39.8 Å². The second-order valence-electron chi connectivity index (χ2n) is 4.08. The molecule has 0 aromatic rings. The molecule has 2 heteroatoms. The van der Waals surface area contributed by atoms with Gasteiger partial charge in [0, 0.05) is 5.92 Å². The van der Waals surface area contributed by atoms with Crippen LogP contribution in [0.5, 0.6) is 0 Å². The second kappa shape index (κ2) is 7.84. The van der Waals surface area contributed by atoms with Crippen LogP contribution in [0.4, 0.5) is 4.39 Å². The molecule has 0 heterocycles. The van der Waals surface area contributed by atoms with Crippen molar-refractivity contribution in [2.75, 3.05) is 6.54 Å². The number of hydrogen-bond acceptors (Lipinski definition) is 1. The Morgan fingerprint density at radius 3 is 2.29 bits per heavy atom. The van der Waals surface area contributed by atoms with E-state index in [2.05, 4.69) is 10.9 Å². The van der Waals surface area contributed by atoms with Crippen LogP contribution < -0.4 is 0 Å². The van der Waals surface area contributed by atoms with Crippen molar-refractivity contribution in [2.24, 2.45) is 10.9 Å². The molecular formula is C15H22FN. The summed E-state index contributed by atoms with van der Waals surface area (Å²) >= 11 is 0. The van der Waals surface area contributed by atoms with E-state index in [1.54, 1.807) is 0 Å². The normalized spacial score (nSPS) is 17.6. The van der Waals surface area contributed by atoms with Crippen molar-refractivity contribution in [3.63, 3.8) is 0 Å². The molecule has 2 unspecified atom stereocenters. The highest BCUT2D eigenvalue weighted by molar-refractivity contribution is 6.06. The number of alkyl halides is 1. The molecule has 0 aliphatic heterocycles. The summed E-state index contributed by atoms with van der Waals surface area (Å²) in [5, 5.41) is 0. The topological polar surface area (TPSA) is 12.4 Å². The molecule has 0 saturated heterocycles. The molecule has 0 radical (unpaired) electrons. The minimum atomic E-state index is -1.08. The largest absolute Gasteiger partial charge is 0.285 e. The zero-order chi connectivity index (χ0) is 13.4. The summed E-state index contributed by atoms with van der Waals surface area (Å²) in [5.74, 6) is 2.63. The van der Waals surface area contributed by atoms with Gasteiger partial charge in [-0.1, -0.05) is 12.2 Å². The molecule has 94 valence electrons. The first-order valence-corrected chi connectivity index (χ1v) is 5.92. The van der Waals surface area contributed by atoms with Gasteiger partial charge in [0.2, 0.25) is 0 Å². The molecule has 0 aromatic heterocycles. The fourth-order valence-corrected chi connectivity index (χ4v) is 1.45. The lowest BCUT2D eigenvalue weighted by molar-refractivity contribution is 0.453. The highest BCUT2D eigenvalue weighted by Crippen LogP contribution is 2.16. The van der Waals surface area contributed by atoms with Gasteiger partial charge in [0.15, 0.2) is 0 Å². The Balaban J connectivity index is 5.18. The van der Waals surface area contributed by atoms with Crippen LogP contribution in [0.15, 0.2) is 28.3 Å². The first kappa shape index (κ1) is 15.6. The third kappa shape index (κ3) is 4.99. The lowest BCUT2D eigenvalue weighted by atomic mass is 9.99. The summed E-state index contributed by atoms with van der Waals surface area (Å²) in [5.41, 5.74) is 2.39. The van der Waals surface area contributed by atoms with Gasteiger partial charge in [-0.3, -0.25) is 4.99 Å². The first-order valence-electron chi connectivity index (χ1n) is 5.92. The molecule has 1 nitrogen and oxygen atoms in total. The Bertz CT molecular complexity index is 367. The van der Waals surface area contributed by atoms with Crippen molar-refractivity contribution in [2.45, 2.75) is 40.8 Å². The predicted molar refractivity (Wildman–Crippen MR) is 74.1 cm³/mol. The predicted octanol–water partition coefficient (Wildman–Crippen LogP) is 3.97. The van der Waals surface area contributed by atoms with Gasteiger partial charge in [0.25, 0.3) is 0 Å². The summed E-state index contributed by atoms with van der Waals surface area (Å²) in [7, 11) is 0. The van der Waals surface area contributed by atoms with Crippen molar-refractivity contribution >= 4 is 5.71 Å². The van der Waals surface area contributed by atoms with Crippen LogP contribution in [0.2, 0.25) is 0 Å². The number of rotatable bonds is 5. The van der Waals surface area contributed by atoms with E-state index >= 15 is 0 Å². The van der Waals surface area contributed by atoms with E-state index < -0.39 is 6.17 Å². The minimum Gasteiger partial charge on any atom is -0.285 e. The Morgan fingerprint density at radius 1 is 1.35 bits per heavy atom. The standard InChI is InChI=1S/C15H22FN/c1-7-11(4)10-17-15(13(6)16)14(9-3)12(5)8-2/h1,8-9,11,13H,10H2,2-6H3/b12-8+,14-9-,17-15?. The van der Waals surface area contributed by atoms with Gasteiger partial charge in [0.05, 0.1) is 12.3 Å². The summed E-state index contributed by atoms with van der Waals surface area (Å²) in [6, 6.07) is 0. The van der Waals surface area contributed by atoms with E-state index in [1.165, 1.54) is 6.92 Å². The highest BCUT2D eigenvalue weighted by Gasteiger charge is 2.15. The lowest BCUT2D eigenvalue weighted by Crippen LogP contribution is -2.17. The van der Waals surface area contributed by atoms with Crippen LogP contribution in [-0.2, 0) is 0 Å². The van der Waals surface area contributed by atoms with E-state index in [9.17, 15) is 4.39 Å². The van der Waals surface area contributed by atoms with Crippen LogP contribution >= 0.6 is 0 Å². The van der Waals surface area contributed by atoms with E-state index in [0.717, 1.165) is 11.1 Å². The van der Waals surface area contributed by atoms with Crippen molar-refractivity contribution in [3.8, 4) is 12.3 Å². The fraction of sp³-hybridized carbons (Fsp3) is 0.533. The monoisotopic (exact) mass is 235 g/mol. The van der Waals surface area contributed by atoms with Crippen molar-refractivity contribution in [1.29, 1.82) is 0 Å². The molecule has 0 aliphatic carbocycles. The zero-order valence-electron chi connectivity index (χ0n) is 11.4. The van der Waals surface area contributed by atoms with Crippen molar-refractivity contribution in [1.82, 2.24) is 0 Å². The maximum atomic E-state index is 13.6. The fourth-order valence-electron chi connectivity index (χ4n) is 1.45. The summed E-state index contributed by atoms with van der Waals surface area (Å²) < 4.78 is 13.6. The Morgan fingerprint density at radius 2 is 1.94 bits per heavy atom. The summed E-state index contributed by atoms with van der Waals surface area (Å²) in [6.07, 6.45) is 8.06. The molecule has 0 amide bonds. The third-order valence-electron chi connectivity index (χ3n) is 2.62. The van der Waals surface area contributed by atoms with E-state index in [0.29, 0.717) is 12.3 Å². The maximum Gasteiger partial charge on any atom is 0.139 e. The van der Waals surface area contributed by atoms with Crippen LogP contribution in [0.1, 0.15) is 34.6 Å². The average molecular weight is 235 g/mol. The Kier molecular flexibility index (Phi) is 7.21. The van der Waals surface area contributed by atoms with Gasteiger partial charge in [-0.15, -0.1) is 12.3 Å². The Hall–Kier alpha value is -1.36. The molecule has 0 N–H and O–H groups in total. The molecule has 0 bridgehead atoms. The number of hydrogen-bond donors (Lipinski definition) is 0. The molecule has 0 rings (SSSR count). The highest BCUT2D eigenvalue weighted by atomic mass is 19.1. The van der Waals surface area contributed by atoms with Crippen LogP contribution in [0.25, 0.3) is 0 Å². The number of allylic oxidation sites excluding steroid dienone is 4. The lowest BCUT2D eigenvalue weighted by Gasteiger charge is -2.13. The van der Waals surface area contributed by atoms with Gasteiger partial charge in [-0.05, 0) is 45.8 Å². The molecule has 0 saturated carbocycles. The number of halogens is 1. The second-order valence-corrected chi connectivity index (χ2v) is 4.08. The third-order valence-corrected chi connectivity index (χ3v) is 2.62. The summed E-state index contributed by atoms with van der Waals surface area (Å²) in [6.45, 7) is 9.66. The van der Waals surface area contributed by atoms with Gasteiger partial charge < -0.3 is 0 Å². The van der Waals surface area contributed by atoms with Crippen molar-refractivity contribution in [3.05, 3.63) is 23.3 Å². The van der Waals surface area contributed by atoms with Gasteiger partial charge in [0.1, 0.15) is 6.17 Å².